The van der Waals surface area contributed by atoms with Crippen LogP contribution in [0.5, 0.6) is 11.5 Å². The highest BCUT2D eigenvalue weighted by Gasteiger charge is 2.44. The van der Waals surface area contributed by atoms with Gasteiger partial charge in [0.1, 0.15) is 13.2 Å². The molecule has 146 valence electrons. The van der Waals surface area contributed by atoms with E-state index in [1.807, 2.05) is 30.3 Å². The first kappa shape index (κ1) is 18.3. The third-order valence-corrected chi connectivity index (χ3v) is 5.33. The molecule has 1 aliphatic carbocycles. The molecule has 0 spiro atoms. The highest BCUT2D eigenvalue weighted by molar-refractivity contribution is 5.94. The Hall–Kier alpha value is -3.02. The third-order valence-electron chi connectivity index (χ3n) is 5.33. The summed E-state index contributed by atoms with van der Waals surface area (Å²) in [6, 6.07) is 14.9. The third kappa shape index (κ3) is 3.67. The molecule has 1 fully saturated rings. The van der Waals surface area contributed by atoms with E-state index in [-0.39, 0.29) is 18.5 Å². The monoisotopic (exact) mass is 381 g/mol. The van der Waals surface area contributed by atoms with Crippen molar-refractivity contribution >= 4 is 17.6 Å². The average Bonchev–Trinajstić information content (AvgIpc) is 3.24. The maximum absolute atomic E-state index is 12.9. The molecule has 6 nitrogen and oxygen atoms in total. The predicted molar refractivity (Wildman–Crippen MR) is 104 cm³/mol. The lowest BCUT2D eigenvalue weighted by atomic mass is 9.79. The molecular weight excluding hydrogens is 358 g/mol. The van der Waals surface area contributed by atoms with Gasteiger partial charge in [-0.15, -0.1) is 0 Å². The Morgan fingerprint density at radius 2 is 1.68 bits per heavy atom. The van der Waals surface area contributed by atoms with Gasteiger partial charge in [0.05, 0.1) is 5.41 Å². The van der Waals surface area contributed by atoms with Crippen molar-refractivity contribution in [2.24, 2.45) is 0 Å². The van der Waals surface area contributed by atoms with Crippen molar-refractivity contribution in [2.45, 2.75) is 31.1 Å². The Morgan fingerprint density at radius 1 is 0.964 bits per heavy atom. The summed E-state index contributed by atoms with van der Waals surface area (Å²) < 4.78 is 16.4. The van der Waals surface area contributed by atoms with Crippen LogP contribution in [0.2, 0.25) is 0 Å². The molecule has 6 heteroatoms. The maximum Gasteiger partial charge on any atom is 0.317 e. The second-order valence-electron chi connectivity index (χ2n) is 7.14. The average molecular weight is 381 g/mol. The van der Waals surface area contributed by atoms with Crippen LogP contribution in [-0.2, 0) is 19.7 Å². The van der Waals surface area contributed by atoms with E-state index in [4.69, 9.17) is 14.2 Å². The molecule has 1 amide bonds. The molecule has 0 atom stereocenters. The molecule has 0 bridgehead atoms. The number of amides is 1. The summed E-state index contributed by atoms with van der Waals surface area (Å²) in [5, 5.41) is 2.74. The smallest absolute Gasteiger partial charge is 0.317 e. The summed E-state index contributed by atoms with van der Waals surface area (Å²) in [5.41, 5.74) is 0.895. The van der Waals surface area contributed by atoms with Gasteiger partial charge in [-0.3, -0.25) is 9.59 Å². The van der Waals surface area contributed by atoms with E-state index in [0.717, 1.165) is 31.2 Å². The van der Waals surface area contributed by atoms with Gasteiger partial charge < -0.3 is 19.5 Å². The lowest BCUT2D eigenvalue weighted by Crippen LogP contribution is -2.36. The minimum atomic E-state index is -0.640. The van der Waals surface area contributed by atoms with Gasteiger partial charge in [0.25, 0.3) is 5.91 Å². The standard InChI is InChI=1S/C22H23NO5/c24-20(23-17-8-9-18-19(14-17)27-13-12-26-18)15-28-21(25)22(10-4-5-11-22)16-6-2-1-3-7-16/h1-3,6-9,14H,4-5,10-13,15H2,(H,23,24). The number of benzene rings is 2. The van der Waals surface area contributed by atoms with E-state index in [0.29, 0.717) is 30.4 Å². The van der Waals surface area contributed by atoms with Crippen molar-refractivity contribution in [2.75, 3.05) is 25.1 Å². The molecule has 0 saturated heterocycles. The molecule has 28 heavy (non-hydrogen) atoms. The lowest BCUT2D eigenvalue weighted by Gasteiger charge is -2.27. The molecule has 2 aromatic carbocycles. The second-order valence-corrected chi connectivity index (χ2v) is 7.14. The number of carbonyl (C=O) groups is 2. The first-order chi connectivity index (χ1) is 13.7. The Balaban J connectivity index is 1.38. The van der Waals surface area contributed by atoms with Crippen LogP contribution in [0.15, 0.2) is 48.5 Å². The van der Waals surface area contributed by atoms with Crippen LogP contribution in [0.3, 0.4) is 0 Å². The molecular formula is C22H23NO5. The highest BCUT2D eigenvalue weighted by Crippen LogP contribution is 2.42. The van der Waals surface area contributed by atoms with Crippen LogP contribution in [0, 0.1) is 0 Å². The second kappa shape index (κ2) is 7.92. The molecule has 1 saturated carbocycles. The van der Waals surface area contributed by atoms with Gasteiger partial charge in [-0.25, -0.2) is 0 Å². The minimum Gasteiger partial charge on any atom is -0.486 e. The first-order valence-electron chi connectivity index (χ1n) is 9.60. The quantitative estimate of drug-likeness (QED) is 0.803. The summed E-state index contributed by atoms with van der Waals surface area (Å²) in [5.74, 6) is 0.538. The van der Waals surface area contributed by atoms with E-state index in [9.17, 15) is 9.59 Å². The number of fused-ring (bicyclic) bond motifs is 1. The van der Waals surface area contributed by atoms with E-state index < -0.39 is 5.41 Å². The fourth-order valence-corrected chi connectivity index (χ4v) is 3.93. The van der Waals surface area contributed by atoms with Crippen LogP contribution in [0.4, 0.5) is 5.69 Å². The number of nitrogens with one attached hydrogen (secondary N) is 1. The normalized spacial score (nSPS) is 17.0. The fraction of sp³-hybridized carbons (Fsp3) is 0.364. The predicted octanol–water partition coefficient (Wildman–Crippen LogP) is 3.45. The molecule has 1 aliphatic heterocycles. The largest absolute Gasteiger partial charge is 0.486 e. The van der Waals surface area contributed by atoms with E-state index >= 15 is 0 Å². The molecule has 4 rings (SSSR count). The van der Waals surface area contributed by atoms with Crippen molar-refractivity contribution in [1.82, 2.24) is 0 Å². The summed E-state index contributed by atoms with van der Waals surface area (Å²) in [6.07, 6.45) is 3.46. The fourth-order valence-electron chi connectivity index (χ4n) is 3.93. The van der Waals surface area contributed by atoms with Gasteiger partial charge in [-0.2, -0.15) is 0 Å². The number of ether oxygens (including phenoxy) is 3. The summed E-state index contributed by atoms with van der Waals surface area (Å²) in [7, 11) is 0. The van der Waals surface area contributed by atoms with Crippen LogP contribution in [-0.4, -0.2) is 31.7 Å². The maximum atomic E-state index is 12.9. The van der Waals surface area contributed by atoms with Crippen molar-refractivity contribution in [3.63, 3.8) is 0 Å². The number of esters is 1. The lowest BCUT2D eigenvalue weighted by molar-refractivity contribution is -0.153. The molecule has 0 radical (unpaired) electrons. The van der Waals surface area contributed by atoms with E-state index in [1.54, 1.807) is 18.2 Å². The number of hydrogen-bond donors (Lipinski definition) is 1. The van der Waals surface area contributed by atoms with Crippen molar-refractivity contribution in [3.8, 4) is 11.5 Å². The van der Waals surface area contributed by atoms with Crippen molar-refractivity contribution in [1.29, 1.82) is 0 Å². The van der Waals surface area contributed by atoms with Gasteiger partial charge >= 0.3 is 5.97 Å². The Morgan fingerprint density at radius 3 is 2.43 bits per heavy atom. The summed E-state index contributed by atoms with van der Waals surface area (Å²) in [6.45, 7) is 0.670. The van der Waals surface area contributed by atoms with Crippen molar-refractivity contribution in [3.05, 3.63) is 54.1 Å². The Kier molecular flexibility index (Phi) is 5.19. The molecule has 0 aromatic heterocycles. The zero-order chi connectivity index (χ0) is 19.4. The van der Waals surface area contributed by atoms with E-state index in [1.165, 1.54) is 0 Å². The van der Waals surface area contributed by atoms with Gasteiger partial charge in [0, 0.05) is 11.8 Å². The number of carbonyl (C=O) groups excluding carboxylic acids is 2. The molecule has 1 heterocycles. The van der Waals surface area contributed by atoms with Crippen LogP contribution >= 0.6 is 0 Å². The zero-order valence-electron chi connectivity index (χ0n) is 15.6. The van der Waals surface area contributed by atoms with Crippen LogP contribution < -0.4 is 14.8 Å². The van der Waals surface area contributed by atoms with Crippen LogP contribution in [0.25, 0.3) is 0 Å². The highest BCUT2D eigenvalue weighted by atomic mass is 16.6. The van der Waals surface area contributed by atoms with Crippen molar-refractivity contribution < 1.29 is 23.8 Å². The van der Waals surface area contributed by atoms with Gasteiger partial charge in [-0.1, -0.05) is 43.2 Å². The van der Waals surface area contributed by atoms with Gasteiger partial charge in [-0.05, 0) is 30.5 Å². The molecule has 2 aliphatic rings. The molecule has 2 aromatic rings. The van der Waals surface area contributed by atoms with E-state index in [2.05, 4.69) is 5.32 Å². The number of hydrogen-bond acceptors (Lipinski definition) is 5. The Labute approximate surface area is 163 Å². The molecule has 1 N–H and O–H groups in total. The molecule has 0 unspecified atom stereocenters. The minimum absolute atomic E-state index is 0.318. The first-order valence-corrected chi connectivity index (χ1v) is 9.60. The van der Waals surface area contributed by atoms with Gasteiger partial charge in [0.15, 0.2) is 18.1 Å². The SMILES string of the molecule is O=C(COC(=O)C1(c2ccccc2)CCCC1)Nc1ccc2c(c1)OCCO2. The number of rotatable bonds is 5. The summed E-state index contributed by atoms with van der Waals surface area (Å²) in [4.78, 5) is 25.2. The Bertz CT molecular complexity index is 858. The zero-order valence-corrected chi connectivity index (χ0v) is 15.6. The van der Waals surface area contributed by atoms with Crippen LogP contribution in [0.1, 0.15) is 31.2 Å². The topological polar surface area (TPSA) is 73.9 Å². The number of anilines is 1. The van der Waals surface area contributed by atoms with Gasteiger partial charge in [0.2, 0.25) is 0 Å². The summed E-state index contributed by atoms with van der Waals surface area (Å²) >= 11 is 0.